The second-order valence-corrected chi connectivity index (χ2v) is 8.53. The number of aromatic nitrogens is 1. The molecule has 1 fully saturated rings. The highest BCUT2D eigenvalue weighted by Gasteiger charge is 2.36. The number of sulfone groups is 1. The topological polar surface area (TPSA) is 50.3 Å². The van der Waals surface area contributed by atoms with Crippen LogP contribution < -0.4 is 4.90 Å². The highest BCUT2D eigenvalue weighted by Crippen LogP contribution is 2.42. The van der Waals surface area contributed by atoms with Crippen LogP contribution in [-0.2, 0) is 16.0 Å². The molecular formula is C18H18F4N2O2S. The monoisotopic (exact) mass is 402 g/mol. The third-order valence-corrected chi connectivity index (χ3v) is 5.66. The largest absolute Gasteiger partial charge is 0.417 e. The van der Waals surface area contributed by atoms with Crippen molar-refractivity contribution < 1.29 is 26.0 Å². The van der Waals surface area contributed by atoms with Crippen LogP contribution in [0.15, 0.2) is 41.4 Å². The second kappa shape index (κ2) is 7.10. The molecule has 1 aromatic heterocycles. The van der Waals surface area contributed by atoms with Gasteiger partial charge in [-0.3, -0.25) is 0 Å². The van der Waals surface area contributed by atoms with Gasteiger partial charge >= 0.3 is 6.18 Å². The summed E-state index contributed by atoms with van der Waals surface area (Å²) < 4.78 is 77.5. The molecule has 0 bridgehead atoms. The Balaban J connectivity index is 2.14. The van der Waals surface area contributed by atoms with Crippen molar-refractivity contribution in [1.82, 2.24) is 4.98 Å². The van der Waals surface area contributed by atoms with Crippen molar-refractivity contribution in [3.8, 4) is 11.1 Å². The molecule has 4 nitrogen and oxygen atoms in total. The first-order valence-electron chi connectivity index (χ1n) is 8.33. The summed E-state index contributed by atoms with van der Waals surface area (Å²) in [6.45, 7) is 0.536. The van der Waals surface area contributed by atoms with E-state index in [1.54, 1.807) is 4.90 Å². The zero-order chi connectivity index (χ0) is 19.8. The van der Waals surface area contributed by atoms with Crippen molar-refractivity contribution in [1.29, 1.82) is 0 Å². The normalized spacial score (nSPS) is 16.6. The van der Waals surface area contributed by atoms with Crippen molar-refractivity contribution in [3.05, 3.63) is 42.1 Å². The Kier molecular flexibility index (Phi) is 5.16. The Morgan fingerprint density at radius 3 is 2.19 bits per heavy atom. The van der Waals surface area contributed by atoms with Crippen LogP contribution in [-0.4, -0.2) is 38.9 Å². The Morgan fingerprint density at radius 2 is 1.67 bits per heavy atom. The molecule has 0 spiro atoms. The lowest BCUT2D eigenvalue weighted by Gasteiger charge is -2.32. The van der Waals surface area contributed by atoms with Gasteiger partial charge < -0.3 is 4.90 Å². The molecule has 1 aliphatic rings. The molecule has 3 rings (SSSR count). The van der Waals surface area contributed by atoms with Crippen LogP contribution in [0.25, 0.3) is 11.1 Å². The molecule has 2 heterocycles. The minimum atomic E-state index is -4.61. The fourth-order valence-corrected chi connectivity index (χ4v) is 3.77. The van der Waals surface area contributed by atoms with Crippen molar-refractivity contribution in [3.63, 3.8) is 0 Å². The van der Waals surface area contributed by atoms with Gasteiger partial charge in [-0.25, -0.2) is 17.8 Å². The molecule has 0 radical (unpaired) electrons. The van der Waals surface area contributed by atoms with E-state index in [0.717, 1.165) is 18.5 Å². The van der Waals surface area contributed by atoms with Gasteiger partial charge in [-0.2, -0.15) is 13.2 Å². The van der Waals surface area contributed by atoms with E-state index in [9.17, 15) is 26.0 Å². The highest BCUT2D eigenvalue weighted by atomic mass is 32.2. The molecule has 0 unspecified atom stereocenters. The minimum Gasteiger partial charge on any atom is -0.356 e. The minimum absolute atomic E-state index is 0.0171. The first-order valence-corrected chi connectivity index (χ1v) is 10.2. The number of alkyl halides is 4. The number of anilines is 1. The van der Waals surface area contributed by atoms with E-state index in [4.69, 9.17) is 0 Å². The zero-order valence-electron chi connectivity index (χ0n) is 14.5. The fourth-order valence-electron chi connectivity index (χ4n) is 3.14. The van der Waals surface area contributed by atoms with Gasteiger partial charge in [0.1, 0.15) is 12.0 Å². The summed E-state index contributed by atoms with van der Waals surface area (Å²) in [5, 5.41) is 0. The van der Waals surface area contributed by atoms with Crippen molar-refractivity contribution >= 4 is 15.7 Å². The number of halogens is 4. The SMILES string of the molecule is CS(=O)(=O)c1ccc(-c2c(C(F)(F)F)ccnc2N2CCC(F)CC2)cc1. The number of benzene rings is 1. The van der Waals surface area contributed by atoms with E-state index < -0.39 is 27.7 Å². The van der Waals surface area contributed by atoms with Crippen LogP contribution in [0.1, 0.15) is 18.4 Å². The Bertz CT molecular complexity index is 919. The lowest BCUT2D eigenvalue weighted by atomic mass is 9.98. The molecule has 1 aliphatic heterocycles. The van der Waals surface area contributed by atoms with Gasteiger partial charge in [0.15, 0.2) is 9.84 Å². The summed E-state index contributed by atoms with van der Waals surface area (Å²) in [7, 11) is -3.47. The first kappa shape index (κ1) is 19.6. The standard InChI is InChI=1S/C18H18F4N2O2S/c1-27(25,26)14-4-2-12(3-5-14)16-15(18(20,21)22)6-9-23-17(16)24-10-7-13(19)8-11-24/h2-6,9,13H,7-8,10-11H2,1H3. The van der Waals surface area contributed by atoms with Gasteiger partial charge in [-0.1, -0.05) is 12.1 Å². The van der Waals surface area contributed by atoms with Crippen LogP contribution >= 0.6 is 0 Å². The summed E-state index contributed by atoms with van der Waals surface area (Å²) in [5.41, 5.74) is -0.774. The number of pyridine rings is 1. The molecule has 2 aromatic rings. The molecular weight excluding hydrogens is 384 g/mol. The maximum absolute atomic E-state index is 13.6. The molecule has 146 valence electrons. The molecule has 0 amide bonds. The zero-order valence-corrected chi connectivity index (χ0v) is 15.3. The average molecular weight is 402 g/mol. The Hall–Kier alpha value is -2.16. The van der Waals surface area contributed by atoms with E-state index in [0.29, 0.717) is 0 Å². The Labute approximate surface area is 154 Å². The van der Waals surface area contributed by atoms with E-state index >= 15 is 0 Å². The number of hydrogen-bond acceptors (Lipinski definition) is 4. The molecule has 0 N–H and O–H groups in total. The summed E-state index contributed by atoms with van der Waals surface area (Å²) in [4.78, 5) is 5.80. The van der Waals surface area contributed by atoms with Crippen LogP contribution in [0.4, 0.5) is 23.4 Å². The molecule has 9 heteroatoms. The van der Waals surface area contributed by atoms with Crippen molar-refractivity contribution in [2.75, 3.05) is 24.2 Å². The van der Waals surface area contributed by atoms with Crippen molar-refractivity contribution in [2.24, 2.45) is 0 Å². The van der Waals surface area contributed by atoms with E-state index in [1.807, 2.05) is 0 Å². The quantitative estimate of drug-likeness (QED) is 0.725. The van der Waals surface area contributed by atoms with Gasteiger partial charge in [-0.15, -0.1) is 0 Å². The molecule has 1 aromatic carbocycles. The fraction of sp³-hybridized carbons (Fsp3) is 0.389. The third-order valence-electron chi connectivity index (χ3n) is 4.53. The highest BCUT2D eigenvalue weighted by molar-refractivity contribution is 7.90. The summed E-state index contributed by atoms with van der Waals surface area (Å²) >= 11 is 0. The van der Waals surface area contributed by atoms with Gasteiger partial charge in [0, 0.05) is 31.1 Å². The summed E-state index contributed by atoms with van der Waals surface area (Å²) in [6.07, 6.45) is -3.01. The first-order chi connectivity index (χ1) is 12.6. The van der Waals surface area contributed by atoms with Crippen LogP contribution in [0.2, 0.25) is 0 Å². The maximum atomic E-state index is 13.6. The third kappa shape index (κ3) is 4.23. The van der Waals surface area contributed by atoms with Crippen LogP contribution in [0.3, 0.4) is 0 Å². The molecule has 1 saturated heterocycles. The number of hydrogen-bond donors (Lipinski definition) is 0. The van der Waals surface area contributed by atoms with E-state index in [1.165, 1.54) is 24.3 Å². The molecule has 0 aliphatic carbocycles. The van der Waals surface area contributed by atoms with Gasteiger partial charge in [0.05, 0.1) is 10.5 Å². The van der Waals surface area contributed by atoms with Gasteiger partial charge in [0.25, 0.3) is 0 Å². The summed E-state index contributed by atoms with van der Waals surface area (Å²) in [6, 6.07) is 6.12. The molecule has 0 atom stereocenters. The maximum Gasteiger partial charge on any atom is 0.417 e. The van der Waals surface area contributed by atoms with Gasteiger partial charge in [-0.05, 0) is 36.6 Å². The number of piperidine rings is 1. The summed E-state index contributed by atoms with van der Waals surface area (Å²) in [5.74, 6) is 0.129. The van der Waals surface area contributed by atoms with E-state index in [2.05, 4.69) is 4.98 Å². The lowest BCUT2D eigenvalue weighted by molar-refractivity contribution is -0.137. The number of rotatable bonds is 3. The predicted molar refractivity (Wildman–Crippen MR) is 94.1 cm³/mol. The molecule has 27 heavy (non-hydrogen) atoms. The van der Waals surface area contributed by atoms with Crippen LogP contribution in [0.5, 0.6) is 0 Å². The van der Waals surface area contributed by atoms with Crippen molar-refractivity contribution in [2.45, 2.75) is 30.1 Å². The Morgan fingerprint density at radius 1 is 1.07 bits per heavy atom. The predicted octanol–water partition coefficient (Wildman–Crippen LogP) is 4.11. The lowest BCUT2D eigenvalue weighted by Crippen LogP contribution is -2.35. The smallest absolute Gasteiger partial charge is 0.356 e. The second-order valence-electron chi connectivity index (χ2n) is 6.51. The average Bonchev–Trinajstić information content (AvgIpc) is 2.60. The number of nitrogens with zero attached hydrogens (tertiary/aromatic N) is 2. The van der Waals surface area contributed by atoms with Gasteiger partial charge in [0.2, 0.25) is 0 Å². The van der Waals surface area contributed by atoms with E-state index in [-0.39, 0.29) is 47.8 Å². The molecule has 0 saturated carbocycles. The van der Waals surface area contributed by atoms with Crippen LogP contribution in [0, 0.1) is 0 Å².